The van der Waals surface area contributed by atoms with Crippen LogP contribution in [0.1, 0.15) is 35.2 Å². The monoisotopic (exact) mass is 547 g/mol. The van der Waals surface area contributed by atoms with E-state index in [0.717, 1.165) is 5.56 Å². The topological polar surface area (TPSA) is 132 Å². The number of amides is 3. The average molecular weight is 548 g/mol. The van der Waals surface area contributed by atoms with Gasteiger partial charge in [-0.2, -0.15) is 0 Å². The van der Waals surface area contributed by atoms with Gasteiger partial charge in [-0.15, -0.1) is 0 Å². The van der Waals surface area contributed by atoms with Crippen molar-refractivity contribution in [2.75, 3.05) is 32.0 Å². The molecular weight excluding hydrogens is 514 g/mol. The molecule has 0 aliphatic carbocycles. The summed E-state index contributed by atoms with van der Waals surface area (Å²) in [7, 11) is 4.16. The SMILES string of the molecule is COC(=O)[C@H](Cc1ccccc1)NC(=O)CCCC(=O)Nc1cc(OC)c(NC(=O)c2ccccc2)cc1OC. The summed E-state index contributed by atoms with van der Waals surface area (Å²) >= 11 is 0. The van der Waals surface area contributed by atoms with Crippen LogP contribution in [0.2, 0.25) is 0 Å². The van der Waals surface area contributed by atoms with Crippen molar-refractivity contribution in [3.05, 3.63) is 83.9 Å². The van der Waals surface area contributed by atoms with Gasteiger partial charge >= 0.3 is 5.97 Å². The van der Waals surface area contributed by atoms with Gasteiger partial charge in [0.2, 0.25) is 11.8 Å². The van der Waals surface area contributed by atoms with E-state index in [2.05, 4.69) is 16.0 Å². The molecule has 3 aromatic carbocycles. The smallest absolute Gasteiger partial charge is 0.328 e. The summed E-state index contributed by atoms with van der Waals surface area (Å²) < 4.78 is 15.6. The highest BCUT2D eigenvalue weighted by Gasteiger charge is 2.22. The fraction of sp³-hybridized carbons (Fsp3) is 0.267. The Balaban J connectivity index is 1.56. The highest BCUT2D eigenvalue weighted by molar-refractivity contribution is 6.05. The van der Waals surface area contributed by atoms with Gasteiger partial charge in [0.1, 0.15) is 17.5 Å². The second-order valence-electron chi connectivity index (χ2n) is 8.81. The standard InChI is InChI=1S/C30H33N3O7/c1-38-25-19-23(33-29(36)21-13-8-5-9-14-21)26(39-2)18-22(25)31-27(34)15-10-16-28(35)32-24(30(37)40-3)17-20-11-6-4-7-12-20/h4-9,11-14,18-19,24H,10,15-17H2,1-3H3,(H,31,34)(H,32,35)(H,33,36)/t24-/m0/s1. The minimum atomic E-state index is -0.827. The largest absolute Gasteiger partial charge is 0.494 e. The first kappa shape index (κ1) is 29.7. The third-order valence-electron chi connectivity index (χ3n) is 5.99. The molecule has 3 N–H and O–H groups in total. The van der Waals surface area contributed by atoms with E-state index in [-0.39, 0.29) is 37.0 Å². The lowest BCUT2D eigenvalue weighted by Gasteiger charge is -2.17. The molecule has 0 spiro atoms. The predicted molar refractivity (Wildman–Crippen MR) is 151 cm³/mol. The first-order valence-electron chi connectivity index (χ1n) is 12.7. The molecule has 1 atom stereocenters. The molecule has 0 bridgehead atoms. The van der Waals surface area contributed by atoms with Gasteiger partial charge < -0.3 is 30.2 Å². The zero-order valence-electron chi connectivity index (χ0n) is 22.7. The van der Waals surface area contributed by atoms with Crippen molar-refractivity contribution in [2.45, 2.75) is 31.7 Å². The number of ether oxygens (including phenoxy) is 3. The molecule has 0 fully saturated rings. The van der Waals surface area contributed by atoms with Crippen molar-refractivity contribution < 1.29 is 33.4 Å². The van der Waals surface area contributed by atoms with E-state index in [1.165, 1.54) is 21.3 Å². The van der Waals surface area contributed by atoms with E-state index in [1.54, 1.807) is 36.4 Å². The molecule has 10 heteroatoms. The van der Waals surface area contributed by atoms with Crippen LogP contribution in [-0.4, -0.2) is 51.1 Å². The molecular formula is C30H33N3O7. The first-order chi connectivity index (χ1) is 19.3. The Morgan fingerprint density at radius 1 is 0.725 bits per heavy atom. The Bertz CT molecular complexity index is 1310. The molecule has 10 nitrogen and oxygen atoms in total. The van der Waals surface area contributed by atoms with E-state index < -0.39 is 12.0 Å². The minimum Gasteiger partial charge on any atom is -0.494 e. The fourth-order valence-corrected chi connectivity index (χ4v) is 3.95. The van der Waals surface area contributed by atoms with E-state index in [4.69, 9.17) is 14.2 Å². The van der Waals surface area contributed by atoms with Gasteiger partial charge in [0.05, 0.1) is 32.7 Å². The van der Waals surface area contributed by atoms with Gasteiger partial charge in [-0.1, -0.05) is 48.5 Å². The second-order valence-corrected chi connectivity index (χ2v) is 8.81. The normalized spacial score (nSPS) is 11.1. The van der Waals surface area contributed by atoms with Gasteiger partial charge in [-0.25, -0.2) is 4.79 Å². The van der Waals surface area contributed by atoms with Crippen LogP contribution >= 0.6 is 0 Å². The van der Waals surface area contributed by atoms with Crippen LogP contribution in [0, 0.1) is 0 Å². The van der Waals surface area contributed by atoms with E-state index in [1.807, 2.05) is 36.4 Å². The van der Waals surface area contributed by atoms with E-state index in [9.17, 15) is 19.2 Å². The zero-order valence-corrected chi connectivity index (χ0v) is 22.7. The van der Waals surface area contributed by atoms with Gasteiger partial charge in [0.15, 0.2) is 0 Å². The summed E-state index contributed by atoms with van der Waals surface area (Å²) in [5, 5.41) is 8.24. The average Bonchev–Trinajstić information content (AvgIpc) is 2.97. The Hall–Kier alpha value is -4.86. The van der Waals surface area contributed by atoms with Crippen molar-refractivity contribution in [1.29, 1.82) is 0 Å². The maximum atomic E-state index is 12.6. The third kappa shape index (κ3) is 8.59. The van der Waals surface area contributed by atoms with Gasteiger partial charge in [-0.05, 0) is 24.1 Å². The zero-order chi connectivity index (χ0) is 28.9. The van der Waals surface area contributed by atoms with E-state index >= 15 is 0 Å². The summed E-state index contributed by atoms with van der Waals surface area (Å²) in [6.07, 6.45) is 0.637. The highest BCUT2D eigenvalue weighted by atomic mass is 16.5. The number of hydrogen-bond acceptors (Lipinski definition) is 7. The molecule has 3 amide bonds. The second kappa shape index (κ2) is 14.9. The Morgan fingerprint density at radius 3 is 1.85 bits per heavy atom. The summed E-state index contributed by atoms with van der Waals surface area (Å²) in [6.45, 7) is 0. The van der Waals surface area contributed by atoms with Crippen LogP contribution in [-0.2, 0) is 25.5 Å². The maximum Gasteiger partial charge on any atom is 0.328 e. The van der Waals surface area contributed by atoms with Crippen LogP contribution in [0.4, 0.5) is 11.4 Å². The molecule has 0 aliphatic heterocycles. The number of carbonyl (C=O) groups excluding carboxylic acids is 4. The van der Waals surface area contributed by atoms with Crippen LogP contribution in [0.15, 0.2) is 72.8 Å². The van der Waals surface area contributed by atoms with Crippen molar-refractivity contribution in [3.63, 3.8) is 0 Å². The Kier molecular flexibility index (Phi) is 11.1. The van der Waals surface area contributed by atoms with Crippen LogP contribution in [0.3, 0.4) is 0 Å². The Labute approximate surface area is 233 Å². The highest BCUT2D eigenvalue weighted by Crippen LogP contribution is 2.36. The molecule has 40 heavy (non-hydrogen) atoms. The number of nitrogens with one attached hydrogen (secondary N) is 3. The summed E-state index contributed by atoms with van der Waals surface area (Å²) in [5.74, 6) is -0.933. The van der Waals surface area contributed by atoms with Crippen LogP contribution in [0.25, 0.3) is 0 Å². The lowest BCUT2D eigenvalue weighted by molar-refractivity contribution is -0.145. The fourth-order valence-electron chi connectivity index (χ4n) is 3.95. The van der Waals surface area contributed by atoms with Gasteiger partial charge in [-0.3, -0.25) is 14.4 Å². The number of rotatable bonds is 13. The molecule has 0 heterocycles. The maximum absolute atomic E-state index is 12.6. The molecule has 0 aromatic heterocycles. The Morgan fingerprint density at radius 2 is 1.27 bits per heavy atom. The number of esters is 1. The summed E-state index contributed by atoms with van der Waals surface area (Å²) in [4.78, 5) is 49.9. The summed E-state index contributed by atoms with van der Waals surface area (Å²) in [5.41, 5.74) is 2.08. The predicted octanol–water partition coefficient (Wildman–Crippen LogP) is 3.97. The molecule has 0 saturated carbocycles. The molecule has 210 valence electrons. The van der Waals surface area contributed by atoms with Crippen LogP contribution < -0.4 is 25.4 Å². The van der Waals surface area contributed by atoms with Crippen molar-refractivity contribution >= 4 is 35.1 Å². The lowest BCUT2D eigenvalue weighted by atomic mass is 10.1. The van der Waals surface area contributed by atoms with Crippen LogP contribution in [0.5, 0.6) is 11.5 Å². The molecule has 0 aliphatic rings. The van der Waals surface area contributed by atoms with Gasteiger partial charge in [0, 0.05) is 37.0 Å². The van der Waals surface area contributed by atoms with Crippen molar-refractivity contribution in [1.82, 2.24) is 5.32 Å². The lowest BCUT2D eigenvalue weighted by Crippen LogP contribution is -2.43. The van der Waals surface area contributed by atoms with Crippen molar-refractivity contribution in [2.24, 2.45) is 0 Å². The molecule has 3 aromatic rings. The summed E-state index contributed by atoms with van der Waals surface area (Å²) in [6, 6.07) is 20.3. The molecule has 0 unspecified atom stereocenters. The first-order valence-corrected chi connectivity index (χ1v) is 12.7. The number of hydrogen-bond donors (Lipinski definition) is 3. The number of methoxy groups -OCH3 is 3. The molecule has 3 rings (SSSR count). The molecule has 0 saturated heterocycles. The van der Waals surface area contributed by atoms with E-state index in [0.29, 0.717) is 34.9 Å². The molecule has 0 radical (unpaired) electrons. The number of benzene rings is 3. The van der Waals surface area contributed by atoms with Gasteiger partial charge in [0.25, 0.3) is 5.91 Å². The number of carbonyl (C=O) groups is 4. The number of anilines is 2. The third-order valence-corrected chi connectivity index (χ3v) is 5.99. The quantitative estimate of drug-likeness (QED) is 0.276. The van der Waals surface area contributed by atoms with Crippen molar-refractivity contribution in [3.8, 4) is 11.5 Å². The minimum absolute atomic E-state index is 0.0423.